The largest absolute Gasteiger partial charge is 0.508 e. The van der Waals surface area contributed by atoms with Crippen LogP contribution in [0.25, 0.3) is 0 Å². The molecule has 46 heavy (non-hydrogen) atoms. The summed E-state index contributed by atoms with van der Waals surface area (Å²) in [6.45, 7) is 5.85. The molecule has 4 aliphatic rings. The molecular weight excluding hydrogens is 580 g/mol. The molecule has 8 nitrogen and oxygen atoms in total. The second-order valence-electron chi connectivity index (χ2n) is 13.1. The number of likely N-dealkylation sites (tertiary alicyclic amines) is 1. The molecule has 1 saturated carbocycles. The highest BCUT2D eigenvalue weighted by Gasteiger charge is 2.67. The molecule has 2 aliphatic carbocycles. The number of para-hydroxylation sites is 2. The number of anilines is 1. The van der Waals surface area contributed by atoms with E-state index >= 15 is 0 Å². The van der Waals surface area contributed by atoms with E-state index in [4.69, 9.17) is 0 Å². The number of phenolic OH excluding ortho intramolecular Hbond substituents is 2. The Morgan fingerprint density at radius 3 is 2.35 bits per heavy atom. The van der Waals surface area contributed by atoms with E-state index in [1.165, 1.54) is 9.80 Å². The minimum atomic E-state index is -1.23. The number of aromatic hydroxyl groups is 2. The number of hydrogen-bond donors (Lipinski definition) is 2. The summed E-state index contributed by atoms with van der Waals surface area (Å²) in [5.74, 6) is -4.04. The summed E-state index contributed by atoms with van der Waals surface area (Å²) in [6.07, 6.45) is 5.17. The standard InChI is InChI=1S/C38H36N2O6/c1-3-8-23-9-7-12-28(33(23)42)32-26-17-18-27-31(36(45)39(34(27)43)20-19-22-13-15-25(41)16-14-22)29(26)21-30-35(44)40(37(46)38(30,32)2)24-10-5-4-6-11-24/h3-7,9-17,27,29-32,41-42H,1,8,18-21H2,2H3. The first-order valence-corrected chi connectivity index (χ1v) is 15.8. The van der Waals surface area contributed by atoms with E-state index in [-0.39, 0.29) is 48.1 Å². The van der Waals surface area contributed by atoms with Gasteiger partial charge in [0.2, 0.25) is 23.6 Å². The fourth-order valence-electron chi connectivity index (χ4n) is 8.54. The van der Waals surface area contributed by atoms with Gasteiger partial charge in [0, 0.05) is 18.0 Å². The third kappa shape index (κ3) is 4.34. The van der Waals surface area contributed by atoms with Crippen LogP contribution in [0.5, 0.6) is 11.5 Å². The SMILES string of the molecule is C=CCc1cccc(C2C3=CCC4C(=O)N(CCc5ccc(O)cc5)C(=O)C4C3CC3C(=O)N(c4ccccc4)C(=O)C32C)c1O. The third-order valence-corrected chi connectivity index (χ3v) is 10.8. The first-order valence-electron chi connectivity index (χ1n) is 15.8. The number of phenols is 2. The Morgan fingerprint density at radius 2 is 1.63 bits per heavy atom. The Labute approximate surface area is 267 Å². The van der Waals surface area contributed by atoms with Gasteiger partial charge in [0.1, 0.15) is 11.5 Å². The third-order valence-electron chi connectivity index (χ3n) is 10.8. The number of hydrogen-bond acceptors (Lipinski definition) is 6. The van der Waals surface area contributed by atoms with E-state index in [2.05, 4.69) is 6.58 Å². The van der Waals surface area contributed by atoms with E-state index in [0.29, 0.717) is 36.1 Å². The molecule has 3 aromatic carbocycles. The minimum Gasteiger partial charge on any atom is -0.508 e. The van der Waals surface area contributed by atoms with Crippen LogP contribution in [-0.4, -0.2) is 45.3 Å². The van der Waals surface area contributed by atoms with Gasteiger partial charge in [0.25, 0.3) is 0 Å². The van der Waals surface area contributed by atoms with Crippen molar-refractivity contribution >= 4 is 29.3 Å². The fraction of sp³-hybridized carbons (Fsp3) is 0.316. The van der Waals surface area contributed by atoms with E-state index in [0.717, 1.165) is 11.1 Å². The van der Waals surface area contributed by atoms with E-state index in [1.807, 2.05) is 31.2 Å². The second-order valence-corrected chi connectivity index (χ2v) is 13.1. The van der Waals surface area contributed by atoms with Crippen LogP contribution in [-0.2, 0) is 32.0 Å². The van der Waals surface area contributed by atoms with Crippen LogP contribution in [0.1, 0.15) is 42.4 Å². The molecule has 0 aromatic heterocycles. The summed E-state index contributed by atoms with van der Waals surface area (Å²) >= 11 is 0. The molecule has 2 saturated heterocycles. The number of carbonyl (C=O) groups excluding carboxylic acids is 4. The maximum Gasteiger partial charge on any atom is 0.241 e. The normalized spacial score (nSPS) is 28.5. The van der Waals surface area contributed by atoms with Crippen molar-refractivity contribution in [2.75, 3.05) is 11.4 Å². The van der Waals surface area contributed by atoms with Crippen LogP contribution in [0.4, 0.5) is 5.69 Å². The summed E-state index contributed by atoms with van der Waals surface area (Å²) in [5.41, 5.74) is 2.19. The van der Waals surface area contributed by atoms with Crippen LogP contribution in [0.2, 0.25) is 0 Å². The molecule has 0 bridgehead atoms. The average Bonchev–Trinajstić information content (AvgIpc) is 3.41. The Hall–Kier alpha value is -4.98. The molecule has 0 spiro atoms. The predicted octanol–water partition coefficient (Wildman–Crippen LogP) is 5.30. The van der Waals surface area contributed by atoms with E-state index in [9.17, 15) is 29.4 Å². The number of amides is 4. The van der Waals surface area contributed by atoms with Crippen molar-refractivity contribution in [1.29, 1.82) is 0 Å². The van der Waals surface area contributed by atoms with Crippen molar-refractivity contribution in [3.05, 3.63) is 114 Å². The van der Waals surface area contributed by atoms with Crippen molar-refractivity contribution in [3.63, 3.8) is 0 Å². The lowest BCUT2D eigenvalue weighted by Gasteiger charge is -2.49. The zero-order valence-corrected chi connectivity index (χ0v) is 25.6. The molecule has 2 N–H and O–H groups in total. The lowest BCUT2D eigenvalue weighted by molar-refractivity contribution is -0.140. The van der Waals surface area contributed by atoms with Gasteiger partial charge < -0.3 is 10.2 Å². The lowest BCUT2D eigenvalue weighted by Crippen LogP contribution is -2.49. The van der Waals surface area contributed by atoms with Gasteiger partial charge in [-0.25, -0.2) is 4.90 Å². The van der Waals surface area contributed by atoms with E-state index in [1.54, 1.807) is 60.7 Å². The van der Waals surface area contributed by atoms with Crippen LogP contribution in [0.15, 0.2) is 97.1 Å². The molecule has 7 rings (SSSR count). The molecule has 2 heterocycles. The highest BCUT2D eigenvalue weighted by molar-refractivity contribution is 6.24. The van der Waals surface area contributed by atoms with Crippen molar-refractivity contribution in [2.45, 2.75) is 38.5 Å². The minimum absolute atomic E-state index is 0.0545. The summed E-state index contributed by atoms with van der Waals surface area (Å²) in [4.78, 5) is 59.3. The van der Waals surface area contributed by atoms with Crippen molar-refractivity contribution in [2.24, 2.45) is 29.1 Å². The topological polar surface area (TPSA) is 115 Å². The number of rotatable bonds is 7. The van der Waals surface area contributed by atoms with Gasteiger partial charge in [-0.05, 0) is 73.9 Å². The molecule has 3 aromatic rings. The first kappa shape index (κ1) is 29.7. The summed E-state index contributed by atoms with van der Waals surface area (Å²) in [5, 5.41) is 21.3. The molecule has 0 radical (unpaired) electrons. The zero-order valence-electron chi connectivity index (χ0n) is 25.6. The highest BCUT2D eigenvalue weighted by Crippen LogP contribution is 2.64. The Kier molecular flexibility index (Phi) is 7.18. The van der Waals surface area contributed by atoms with Crippen LogP contribution < -0.4 is 4.90 Å². The Bertz CT molecular complexity index is 1800. The lowest BCUT2D eigenvalue weighted by atomic mass is 9.51. The van der Waals surface area contributed by atoms with E-state index < -0.39 is 35.0 Å². The maximum absolute atomic E-state index is 14.5. The number of benzene rings is 3. The van der Waals surface area contributed by atoms with Crippen LogP contribution >= 0.6 is 0 Å². The van der Waals surface area contributed by atoms with Crippen molar-refractivity contribution in [1.82, 2.24) is 4.90 Å². The summed E-state index contributed by atoms with van der Waals surface area (Å²) in [6, 6.07) is 21.0. The van der Waals surface area contributed by atoms with Crippen molar-refractivity contribution in [3.8, 4) is 11.5 Å². The van der Waals surface area contributed by atoms with Crippen LogP contribution in [0.3, 0.4) is 0 Å². The molecule has 8 heteroatoms. The molecule has 2 aliphatic heterocycles. The molecule has 6 unspecified atom stereocenters. The van der Waals surface area contributed by atoms with Crippen molar-refractivity contribution < 1.29 is 29.4 Å². The highest BCUT2D eigenvalue weighted by atomic mass is 16.3. The van der Waals surface area contributed by atoms with Gasteiger partial charge >= 0.3 is 0 Å². The summed E-state index contributed by atoms with van der Waals surface area (Å²) in [7, 11) is 0. The first-order chi connectivity index (χ1) is 22.2. The predicted molar refractivity (Wildman–Crippen MR) is 172 cm³/mol. The van der Waals surface area contributed by atoms with Gasteiger partial charge in [0.15, 0.2) is 0 Å². The number of allylic oxidation sites excluding steroid dienone is 3. The fourth-order valence-corrected chi connectivity index (χ4v) is 8.54. The van der Waals surface area contributed by atoms with Gasteiger partial charge in [0.05, 0.1) is 28.9 Å². The Morgan fingerprint density at radius 1 is 0.891 bits per heavy atom. The zero-order chi connectivity index (χ0) is 32.3. The summed E-state index contributed by atoms with van der Waals surface area (Å²) < 4.78 is 0. The van der Waals surface area contributed by atoms with Gasteiger partial charge in [-0.3, -0.25) is 24.1 Å². The maximum atomic E-state index is 14.5. The van der Waals surface area contributed by atoms with Crippen LogP contribution in [0, 0.1) is 29.1 Å². The van der Waals surface area contributed by atoms with Gasteiger partial charge in [-0.1, -0.05) is 66.3 Å². The van der Waals surface area contributed by atoms with Gasteiger partial charge in [-0.15, -0.1) is 6.58 Å². The average molecular weight is 617 g/mol. The quantitative estimate of drug-likeness (QED) is 0.275. The molecular formula is C38H36N2O6. The Balaban J connectivity index is 1.31. The monoisotopic (exact) mass is 616 g/mol. The second kappa shape index (κ2) is 11.1. The number of fused-ring (bicyclic) bond motifs is 4. The molecule has 234 valence electrons. The molecule has 6 atom stereocenters. The number of imide groups is 2. The number of nitrogens with zero attached hydrogens (tertiary/aromatic N) is 2. The molecule has 3 fully saturated rings. The number of carbonyl (C=O) groups is 4. The smallest absolute Gasteiger partial charge is 0.241 e. The molecule has 4 amide bonds. The van der Waals surface area contributed by atoms with Gasteiger partial charge in [-0.2, -0.15) is 0 Å².